The number of ether oxygens (including phenoxy) is 1. The molecule has 64 valence electrons. The number of nitrogens with one attached hydrogen (secondary N) is 2. The van der Waals surface area contributed by atoms with E-state index in [4.69, 9.17) is 5.11 Å². The monoisotopic (exact) mass is 162 g/mol. The third kappa shape index (κ3) is 6.42. The Labute approximate surface area is 63.5 Å². The number of hydrogen-bond donors (Lipinski definition) is 3. The molecule has 0 radical (unpaired) electrons. The fraction of sp³-hybridized carbons (Fsp3) is 0.600. The predicted octanol–water partition coefficient (Wildman–Crippen LogP) is 0.305. The largest absolute Gasteiger partial charge is 0.464 e. The van der Waals surface area contributed by atoms with Crippen molar-refractivity contribution in [1.82, 2.24) is 10.9 Å². The van der Waals surface area contributed by atoms with Crippen LogP contribution in [-0.2, 0) is 4.74 Å². The molecule has 0 spiro atoms. The molecule has 3 N–H and O–H groups in total. The average molecular weight is 162 g/mol. The zero-order valence-corrected chi connectivity index (χ0v) is 6.09. The van der Waals surface area contributed by atoms with Crippen molar-refractivity contribution in [1.29, 1.82) is 0 Å². The molecule has 0 bridgehead atoms. The van der Waals surface area contributed by atoms with E-state index >= 15 is 0 Å². The van der Waals surface area contributed by atoms with Crippen LogP contribution in [0.15, 0.2) is 0 Å². The highest BCUT2D eigenvalue weighted by Gasteiger charge is 2.00. The van der Waals surface area contributed by atoms with E-state index in [1.54, 1.807) is 10.9 Å². The minimum absolute atomic E-state index is 0.271. The molecule has 0 aromatic rings. The molecule has 0 aromatic carbocycles. The standard InChI is InChI=1S/C5H10N2O4/c1-2-3-11-5(10)7-6-4(8)9/h6H,2-3H2,1H3,(H,7,10)(H,8,9). The maximum Gasteiger partial charge on any atom is 0.426 e. The van der Waals surface area contributed by atoms with Gasteiger partial charge in [0, 0.05) is 0 Å². The number of carboxylic acid groups (broad SMARTS) is 1. The second-order valence-electron chi connectivity index (χ2n) is 1.69. The van der Waals surface area contributed by atoms with E-state index in [-0.39, 0.29) is 6.61 Å². The molecule has 0 aliphatic carbocycles. The second-order valence-corrected chi connectivity index (χ2v) is 1.69. The van der Waals surface area contributed by atoms with Gasteiger partial charge in [0.25, 0.3) is 0 Å². The Kier molecular flexibility index (Phi) is 4.63. The number of amides is 2. The van der Waals surface area contributed by atoms with Crippen LogP contribution in [0.2, 0.25) is 0 Å². The van der Waals surface area contributed by atoms with Crippen molar-refractivity contribution in [3.8, 4) is 0 Å². The van der Waals surface area contributed by atoms with Gasteiger partial charge in [0.05, 0.1) is 6.61 Å². The quantitative estimate of drug-likeness (QED) is 0.510. The minimum atomic E-state index is -1.33. The lowest BCUT2D eigenvalue weighted by Gasteiger charge is -2.03. The second kappa shape index (κ2) is 5.33. The molecule has 0 fully saturated rings. The van der Waals surface area contributed by atoms with Crippen LogP contribution in [0.4, 0.5) is 9.59 Å². The van der Waals surface area contributed by atoms with Crippen molar-refractivity contribution < 1.29 is 19.4 Å². The lowest BCUT2D eigenvalue weighted by molar-refractivity contribution is 0.137. The third-order valence-electron chi connectivity index (χ3n) is 0.709. The summed E-state index contributed by atoms with van der Waals surface area (Å²) in [6.45, 7) is 2.10. The summed E-state index contributed by atoms with van der Waals surface area (Å²) >= 11 is 0. The first kappa shape index (κ1) is 9.54. The Hall–Kier alpha value is -1.46. The Bertz CT molecular complexity index is 147. The molecule has 0 atom stereocenters. The summed E-state index contributed by atoms with van der Waals surface area (Å²) in [5, 5.41) is 8.01. The normalized spacial score (nSPS) is 8.45. The van der Waals surface area contributed by atoms with Crippen molar-refractivity contribution in [2.24, 2.45) is 0 Å². The predicted molar refractivity (Wildman–Crippen MR) is 35.9 cm³/mol. The number of hydrogen-bond acceptors (Lipinski definition) is 3. The summed E-state index contributed by atoms with van der Waals surface area (Å²) in [6.07, 6.45) is -1.44. The van der Waals surface area contributed by atoms with E-state index in [1.165, 1.54) is 0 Å². The molecule has 0 saturated carbocycles. The van der Waals surface area contributed by atoms with Gasteiger partial charge in [0.15, 0.2) is 0 Å². The smallest absolute Gasteiger partial charge is 0.426 e. The Morgan fingerprint density at radius 3 is 2.55 bits per heavy atom. The number of rotatable bonds is 2. The zero-order valence-electron chi connectivity index (χ0n) is 6.09. The van der Waals surface area contributed by atoms with Gasteiger partial charge in [-0.25, -0.2) is 20.4 Å². The van der Waals surface area contributed by atoms with Crippen LogP contribution in [0.25, 0.3) is 0 Å². The Morgan fingerprint density at radius 2 is 2.09 bits per heavy atom. The van der Waals surface area contributed by atoms with Crippen LogP contribution in [0.1, 0.15) is 13.3 Å². The van der Waals surface area contributed by atoms with Gasteiger partial charge < -0.3 is 9.84 Å². The number of carbonyl (C=O) groups excluding carboxylic acids is 1. The van der Waals surface area contributed by atoms with Gasteiger partial charge in [-0.05, 0) is 6.42 Å². The van der Waals surface area contributed by atoms with E-state index in [1.807, 2.05) is 6.92 Å². The summed E-state index contributed by atoms with van der Waals surface area (Å²) in [6, 6.07) is 0. The molecule has 11 heavy (non-hydrogen) atoms. The summed E-state index contributed by atoms with van der Waals surface area (Å²) in [7, 11) is 0. The highest BCUT2D eigenvalue weighted by atomic mass is 16.6. The van der Waals surface area contributed by atoms with Gasteiger partial charge in [-0.3, -0.25) is 0 Å². The molecule has 0 rings (SSSR count). The molecule has 6 heteroatoms. The van der Waals surface area contributed by atoms with Crippen LogP contribution in [0.3, 0.4) is 0 Å². The van der Waals surface area contributed by atoms with Gasteiger partial charge in [-0.15, -0.1) is 0 Å². The molecular formula is C5H10N2O4. The van der Waals surface area contributed by atoms with E-state index in [2.05, 4.69) is 4.74 Å². The molecule has 0 aromatic heterocycles. The first-order chi connectivity index (χ1) is 5.16. The van der Waals surface area contributed by atoms with Crippen molar-refractivity contribution in [2.45, 2.75) is 13.3 Å². The van der Waals surface area contributed by atoms with E-state index in [9.17, 15) is 9.59 Å². The SMILES string of the molecule is CCCOC(=O)NNC(=O)O. The van der Waals surface area contributed by atoms with E-state index in [0.717, 1.165) is 0 Å². The van der Waals surface area contributed by atoms with Gasteiger partial charge in [0.2, 0.25) is 0 Å². The molecule has 0 aliphatic rings. The van der Waals surface area contributed by atoms with E-state index < -0.39 is 12.2 Å². The molecule has 0 unspecified atom stereocenters. The highest BCUT2D eigenvalue weighted by Crippen LogP contribution is 1.79. The fourth-order valence-electron chi connectivity index (χ4n) is 0.335. The van der Waals surface area contributed by atoms with Crippen LogP contribution in [0.5, 0.6) is 0 Å². The maximum absolute atomic E-state index is 10.4. The highest BCUT2D eigenvalue weighted by molar-refractivity contribution is 5.72. The lowest BCUT2D eigenvalue weighted by Crippen LogP contribution is -2.41. The Morgan fingerprint density at radius 1 is 1.45 bits per heavy atom. The first-order valence-corrected chi connectivity index (χ1v) is 3.08. The Balaban J connectivity index is 3.30. The minimum Gasteiger partial charge on any atom is -0.464 e. The summed E-state index contributed by atoms with van der Waals surface area (Å²) in [5.74, 6) is 0. The molecule has 2 amide bonds. The lowest BCUT2D eigenvalue weighted by atomic mass is 10.5. The van der Waals surface area contributed by atoms with Gasteiger partial charge in [0.1, 0.15) is 0 Å². The van der Waals surface area contributed by atoms with E-state index in [0.29, 0.717) is 6.42 Å². The van der Waals surface area contributed by atoms with Crippen LogP contribution < -0.4 is 10.9 Å². The van der Waals surface area contributed by atoms with Crippen molar-refractivity contribution in [3.63, 3.8) is 0 Å². The summed E-state index contributed by atoms with van der Waals surface area (Å²) in [4.78, 5) is 20.2. The topological polar surface area (TPSA) is 87.7 Å². The first-order valence-electron chi connectivity index (χ1n) is 3.08. The number of hydrazine groups is 1. The van der Waals surface area contributed by atoms with Gasteiger partial charge in [-0.1, -0.05) is 6.92 Å². The maximum atomic E-state index is 10.4. The van der Waals surface area contributed by atoms with Crippen molar-refractivity contribution >= 4 is 12.2 Å². The summed E-state index contributed by atoms with van der Waals surface area (Å²) < 4.78 is 4.47. The molecule has 6 nitrogen and oxygen atoms in total. The third-order valence-corrected chi connectivity index (χ3v) is 0.709. The fourth-order valence-corrected chi connectivity index (χ4v) is 0.335. The molecular weight excluding hydrogens is 152 g/mol. The average Bonchev–Trinajstić information content (AvgIpc) is 1.97. The van der Waals surface area contributed by atoms with Crippen LogP contribution >= 0.6 is 0 Å². The zero-order chi connectivity index (χ0) is 8.69. The molecule has 0 heterocycles. The van der Waals surface area contributed by atoms with Gasteiger partial charge in [-0.2, -0.15) is 0 Å². The number of carbonyl (C=O) groups is 2. The van der Waals surface area contributed by atoms with Crippen LogP contribution in [0, 0.1) is 0 Å². The van der Waals surface area contributed by atoms with Crippen molar-refractivity contribution in [2.75, 3.05) is 6.61 Å². The van der Waals surface area contributed by atoms with Gasteiger partial charge >= 0.3 is 12.2 Å². The molecule has 0 aliphatic heterocycles. The van der Waals surface area contributed by atoms with Crippen LogP contribution in [-0.4, -0.2) is 23.9 Å². The molecule has 0 saturated heterocycles. The van der Waals surface area contributed by atoms with Crippen molar-refractivity contribution in [3.05, 3.63) is 0 Å². The summed E-state index contributed by atoms with van der Waals surface area (Å²) in [5.41, 5.74) is 3.45.